The summed E-state index contributed by atoms with van der Waals surface area (Å²) in [6, 6.07) is -0.108. The van der Waals surface area contributed by atoms with Crippen LogP contribution in [0.2, 0.25) is 0 Å². The molecule has 0 saturated carbocycles. The number of rotatable bonds is 4. The zero-order valence-corrected chi connectivity index (χ0v) is 13.2. The van der Waals surface area contributed by atoms with E-state index >= 15 is 0 Å². The van der Waals surface area contributed by atoms with Crippen molar-refractivity contribution in [1.29, 1.82) is 0 Å². The van der Waals surface area contributed by atoms with Crippen LogP contribution in [0.15, 0.2) is 9.98 Å². The van der Waals surface area contributed by atoms with Crippen molar-refractivity contribution in [2.45, 2.75) is 25.9 Å². The van der Waals surface area contributed by atoms with Crippen molar-refractivity contribution >= 4 is 34.3 Å². The largest absolute Gasteiger partial charge is 0.483 e. The molecule has 3 atom stereocenters. The molecule has 1 rings (SSSR count). The van der Waals surface area contributed by atoms with Gasteiger partial charge in [-0.2, -0.15) is 0 Å². The molecule has 0 spiro atoms. The van der Waals surface area contributed by atoms with Gasteiger partial charge in [0.15, 0.2) is 11.3 Å². The molecule has 0 radical (unpaired) electrons. The molecule has 0 fully saturated rings. The fraction of sp³-hybridized carbons (Fsp3) is 0.833. The third kappa shape index (κ3) is 3.79. The standard InChI is InChI=1S/C12H22ClN2O2S/c1-8(2)10-12(17-4)14-9(6-18(5)7-13)11(15-10)16-3/h8-10H,6-7H2,1-5H3/q+1/t9-,10+,18?/m0/s1. The number of alkyl halides is 1. The van der Waals surface area contributed by atoms with Crippen molar-refractivity contribution in [3.8, 4) is 0 Å². The van der Waals surface area contributed by atoms with Gasteiger partial charge in [-0.15, -0.1) is 0 Å². The summed E-state index contributed by atoms with van der Waals surface area (Å²) in [5.41, 5.74) is 0. The number of aliphatic imine (C=N–C) groups is 2. The summed E-state index contributed by atoms with van der Waals surface area (Å²) in [5.74, 6) is 2.58. The molecule has 0 amide bonds. The summed E-state index contributed by atoms with van der Waals surface area (Å²) >= 11 is 5.86. The first-order chi connectivity index (χ1) is 8.53. The fourth-order valence-corrected chi connectivity index (χ4v) is 2.89. The number of nitrogens with zero attached hydrogens (tertiary/aromatic N) is 2. The number of methoxy groups -OCH3 is 2. The maximum atomic E-state index is 5.86. The molecule has 1 unspecified atom stereocenters. The van der Waals surface area contributed by atoms with E-state index in [4.69, 9.17) is 21.1 Å². The molecule has 1 heterocycles. The molecule has 0 aromatic rings. The monoisotopic (exact) mass is 293 g/mol. The van der Waals surface area contributed by atoms with Crippen LogP contribution in [0.3, 0.4) is 0 Å². The fourth-order valence-electron chi connectivity index (χ4n) is 1.78. The van der Waals surface area contributed by atoms with Crippen LogP contribution in [0.1, 0.15) is 13.8 Å². The average Bonchev–Trinajstić information content (AvgIpc) is 2.37. The third-order valence-electron chi connectivity index (χ3n) is 2.77. The van der Waals surface area contributed by atoms with Crippen LogP contribution in [-0.2, 0) is 20.4 Å². The van der Waals surface area contributed by atoms with Crippen LogP contribution in [0.4, 0.5) is 0 Å². The van der Waals surface area contributed by atoms with Crippen molar-refractivity contribution < 1.29 is 9.47 Å². The van der Waals surface area contributed by atoms with E-state index in [-0.39, 0.29) is 23.0 Å². The van der Waals surface area contributed by atoms with E-state index in [1.54, 1.807) is 14.2 Å². The first-order valence-corrected chi connectivity index (χ1v) is 8.42. The zero-order chi connectivity index (χ0) is 13.7. The highest BCUT2D eigenvalue weighted by molar-refractivity contribution is 7.97. The smallest absolute Gasteiger partial charge is 0.214 e. The Labute approximate surface area is 117 Å². The number of halogens is 1. The highest BCUT2D eigenvalue weighted by atomic mass is 35.5. The lowest BCUT2D eigenvalue weighted by atomic mass is 10.0. The lowest BCUT2D eigenvalue weighted by Gasteiger charge is -2.26. The van der Waals surface area contributed by atoms with E-state index < -0.39 is 0 Å². The lowest BCUT2D eigenvalue weighted by Crippen LogP contribution is -2.40. The van der Waals surface area contributed by atoms with E-state index in [1.165, 1.54) is 0 Å². The van der Waals surface area contributed by atoms with Crippen LogP contribution >= 0.6 is 11.6 Å². The van der Waals surface area contributed by atoms with Crippen molar-refractivity contribution in [1.82, 2.24) is 0 Å². The number of hydrogen-bond donors (Lipinski definition) is 0. The quantitative estimate of drug-likeness (QED) is 0.587. The molecule has 0 aromatic heterocycles. The minimum absolute atomic E-state index is 0.0455. The average molecular weight is 294 g/mol. The Balaban J connectivity index is 2.91. The summed E-state index contributed by atoms with van der Waals surface area (Å²) in [4.78, 5) is 9.25. The Hall–Kier alpha value is -0.420. The van der Waals surface area contributed by atoms with E-state index in [2.05, 4.69) is 30.1 Å². The van der Waals surface area contributed by atoms with E-state index in [1.807, 2.05) is 0 Å². The molecule has 0 aromatic carbocycles. The molecule has 0 bridgehead atoms. The second-order valence-electron chi connectivity index (χ2n) is 4.60. The Morgan fingerprint density at radius 3 is 2.28 bits per heavy atom. The molecule has 0 saturated heterocycles. The van der Waals surface area contributed by atoms with Crippen molar-refractivity contribution in [2.24, 2.45) is 15.9 Å². The van der Waals surface area contributed by atoms with E-state index in [9.17, 15) is 0 Å². The van der Waals surface area contributed by atoms with Gasteiger partial charge < -0.3 is 9.47 Å². The molecule has 1 aliphatic heterocycles. The first-order valence-electron chi connectivity index (χ1n) is 5.91. The Kier molecular flexibility index (Phi) is 6.29. The molecule has 0 aliphatic carbocycles. The summed E-state index contributed by atoms with van der Waals surface area (Å²) in [6.45, 7) is 4.19. The maximum absolute atomic E-state index is 5.86. The van der Waals surface area contributed by atoms with Crippen LogP contribution in [0.25, 0.3) is 0 Å². The topological polar surface area (TPSA) is 43.2 Å². The minimum atomic E-state index is -0.0629. The molecule has 104 valence electrons. The predicted molar refractivity (Wildman–Crippen MR) is 80.2 cm³/mol. The molecule has 0 N–H and O–H groups in total. The normalized spacial score (nSPS) is 25.5. The van der Waals surface area contributed by atoms with Gasteiger partial charge in [-0.25, -0.2) is 9.98 Å². The lowest BCUT2D eigenvalue weighted by molar-refractivity contribution is 0.336. The number of hydrogen-bond acceptors (Lipinski definition) is 4. The number of ether oxygens (including phenoxy) is 2. The van der Waals surface area contributed by atoms with Crippen LogP contribution in [0.5, 0.6) is 0 Å². The summed E-state index contributed by atoms with van der Waals surface area (Å²) in [6.07, 6.45) is 2.12. The summed E-state index contributed by atoms with van der Waals surface area (Å²) < 4.78 is 10.7. The Morgan fingerprint density at radius 2 is 1.83 bits per heavy atom. The third-order valence-corrected chi connectivity index (χ3v) is 5.14. The van der Waals surface area contributed by atoms with Crippen LogP contribution < -0.4 is 0 Å². The summed E-state index contributed by atoms with van der Waals surface area (Å²) in [7, 11) is 3.39. The van der Waals surface area contributed by atoms with Gasteiger partial charge in [-0.1, -0.05) is 25.4 Å². The van der Waals surface area contributed by atoms with Crippen molar-refractivity contribution in [3.05, 3.63) is 0 Å². The van der Waals surface area contributed by atoms with Gasteiger partial charge in [0.25, 0.3) is 0 Å². The molecule has 18 heavy (non-hydrogen) atoms. The molecular formula is C12H22ClN2O2S+. The second kappa shape index (κ2) is 7.24. The summed E-state index contributed by atoms with van der Waals surface area (Å²) in [5, 5.41) is 0.638. The van der Waals surface area contributed by atoms with Gasteiger partial charge in [-0.05, 0) is 5.92 Å². The zero-order valence-electron chi connectivity index (χ0n) is 11.6. The van der Waals surface area contributed by atoms with Crippen LogP contribution in [-0.4, -0.2) is 55.3 Å². The van der Waals surface area contributed by atoms with Crippen molar-refractivity contribution in [2.75, 3.05) is 31.4 Å². The second-order valence-corrected chi connectivity index (χ2v) is 7.37. The van der Waals surface area contributed by atoms with Gasteiger partial charge in [-0.3, -0.25) is 0 Å². The predicted octanol–water partition coefficient (Wildman–Crippen LogP) is 1.93. The van der Waals surface area contributed by atoms with Gasteiger partial charge >= 0.3 is 0 Å². The SMILES string of the molecule is COC1=N[C@H](C(C)C)C(OC)=N[C@H]1C[S+](C)CCl. The van der Waals surface area contributed by atoms with Crippen LogP contribution in [0, 0.1) is 5.92 Å². The molecule has 1 aliphatic rings. The maximum Gasteiger partial charge on any atom is 0.214 e. The van der Waals surface area contributed by atoms with Gasteiger partial charge in [0.1, 0.15) is 11.8 Å². The Morgan fingerprint density at radius 1 is 1.22 bits per heavy atom. The van der Waals surface area contributed by atoms with Gasteiger partial charge in [0.2, 0.25) is 11.8 Å². The van der Waals surface area contributed by atoms with Gasteiger partial charge in [0, 0.05) is 10.9 Å². The van der Waals surface area contributed by atoms with Gasteiger partial charge in [0.05, 0.1) is 20.5 Å². The first kappa shape index (κ1) is 15.6. The Bertz CT molecular complexity index is 334. The van der Waals surface area contributed by atoms with E-state index in [0.717, 1.165) is 5.75 Å². The molecular weight excluding hydrogens is 272 g/mol. The van der Waals surface area contributed by atoms with Crippen molar-refractivity contribution in [3.63, 3.8) is 0 Å². The van der Waals surface area contributed by atoms with E-state index in [0.29, 0.717) is 22.9 Å². The molecule has 6 heteroatoms. The highest BCUT2D eigenvalue weighted by Gasteiger charge is 2.33. The minimum Gasteiger partial charge on any atom is -0.483 e. The molecule has 4 nitrogen and oxygen atoms in total. The highest BCUT2D eigenvalue weighted by Crippen LogP contribution is 2.18.